The monoisotopic (exact) mass is 347 g/mol. The number of imide groups is 1. The Hall–Kier alpha value is -3.22. The van der Waals surface area contributed by atoms with E-state index in [0.29, 0.717) is 17.9 Å². The Morgan fingerprint density at radius 2 is 2.08 bits per heavy atom. The van der Waals surface area contributed by atoms with E-state index >= 15 is 0 Å². The van der Waals surface area contributed by atoms with Crippen LogP contribution in [0.5, 0.6) is 0 Å². The average molecular weight is 347 g/mol. The molecule has 5 rings (SSSR count). The van der Waals surface area contributed by atoms with Crippen molar-refractivity contribution < 1.29 is 9.59 Å². The van der Waals surface area contributed by atoms with Crippen LogP contribution in [0.3, 0.4) is 0 Å². The van der Waals surface area contributed by atoms with Crippen LogP contribution in [0.15, 0.2) is 36.5 Å². The number of imidazole rings is 1. The van der Waals surface area contributed by atoms with Crippen LogP contribution in [-0.4, -0.2) is 31.8 Å². The molecule has 0 bridgehead atoms. The van der Waals surface area contributed by atoms with E-state index in [9.17, 15) is 9.59 Å². The molecule has 0 unspecified atom stereocenters. The molecule has 130 valence electrons. The fourth-order valence-electron chi connectivity index (χ4n) is 4.04. The van der Waals surface area contributed by atoms with Crippen LogP contribution in [0.4, 0.5) is 4.79 Å². The number of rotatable bonds is 2. The predicted octanol–water partition coefficient (Wildman–Crippen LogP) is 2.16. The summed E-state index contributed by atoms with van der Waals surface area (Å²) in [6.07, 6.45) is 3.07. The van der Waals surface area contributed by atoms with E-state index in [1.807, 2.05) is 37.3 Å². The second-order valence-corrected chi connectivity index (χ2v) is 6.89. The maximum absolute atomic E-state index is 13.2. The second kappa shape index (κ2) is 5.14. The quantitative estimate of drug-likeness (QED) is 0.695. The Morgan fingerprint density at radius 1 is 1.23 bits per heavy atom. The van der Waals surface area contributed by atoms with Gasteiger partial charge in [0.15, 0.2) is 5.65 Å². The standard InChI is InChI=1S/C19H17N5O2/c1-11-7-9-20-16-15(11)21-14(22-16)10-24-17(25)19(23-18(24)26)8-6-12-4-2-3-5-13(12)19/h2-5,7,9H,6,8,10H2,1H3,(H,23,26)(H,20,21,22)/t19-/m1/s1. The van der Waals surface area contributed by atoms with Crippen LogP contribution >= 0.6 is 0 Å². The molecule has 2 N–H and O–H groups in total. The fraction of sp³-hybridized carbons (Fsp3) is 0.263. The lowest BCUT2D eigenvalue weighted by Gasteiger charge is -2.22. The van der Waals surface area contributed by atoms with Gasteiger partial charge in [0.25, 0.3) is 5.91 Å². The van der Waals surface area contributed by atoms with Gasteiger partial charge in [0.2, 0.25) is 0 Å². The molecular formula is C19H17N5O2. The van der Waals surface area contributed by atoms with E-state index in [4.69, 9.17) is 0 Å². The van der Waals surface area contributed by atoms with Gasteiger partial charge < -0.3 is 10.3 Å². The number of benzene rings is 1. The van der Waals surface area contributed by atoms with Crippen molar-refractivity contribution in [2.45, 2.75) is 31.8 Å². The maximum atomic E-state index is 13.2. The minimum absolute atomic E-state index is 0.102. The highest BCUT2D eigenvalue weighted by molar-refractivity contribution is 6.08. The molecule has 26 heavy (non-hydrogen) atoms. The summed E-state index contributed by atoms with van der Waals surface area (Å²) < 4.78 is 0. The molecule has 0 saturated carbocycles. The number of H-pyrrole nitrogens is 1. The minimum Gasteiger partial charge on any atom is -0.339 e. The van der Waals surface area contributed by atoms with E-state index in [2.05, 4.69) is 20.3 Å². The van der Waals surface area contributed by atoms with E-state index in [1.165, 1.54) is 4.90 Å². The number of carbonyl (C=O) groups excluding carboxylic acids is 2. The third-order valence-corrected chi connectivity index (χ3v) is 5.38. The number of urea groups is 1. The van der Waals surface area contributed by atoms with Crippen LogP contribution in [0.25, 0.3) is 11.2 Å². The van der Waals surface area contributed by atoms with Gasteiger partial charge in [-0.2, -0.15) is 0 Å². The lowest BCUT2D eigenvalue weighted by atomic mass is 9.92. The highest BCUT2D eigenvalue weighted by atomic mass is 16.2. The molecule has 0 radical (unpaired) electrons. The molecule has 1 spiro atoms. The molecule has 1 aliphatic heterocycles. The van der Waals surface area contributed by atoms with Crippen LogP contribution in [-0.2, 0) is 23.3 Å². The number of hydrogen-bond donors (Lipinski definition) is 2. The normalized spacial score (nSPS) is 21.7. The van der Waals surface area contributed by atoms with Gasteiger partial charge in [0.05, 0.1) is 12.1 Å². The molecule has 1 aliphatic carbocycles. The van der Waals surface area contributed by atoms with Crippen molar-refractivity contribution >= 4 is 23.1 Å². The third kappa shape index (κ3) is 1.94. The Morgan fingerprint density at radius 3 is 2.92 bits per heavy atom. The molecule has 1 atom stereocenters. The topological polar surface area (TPSA) is 91.0 Å². The van der Waals surface area contributed by atoms with Crippen LogP contribution in [0.2, 0.25) is 0 Å². The van der Waals surface area contributed by atoms with Crippen molar-refractivity contribution in [1.29, 1.82) is 0 Å². The van der Waals surface area contributed by atoms with E-state index in [0.717, 1.165) is 28.6 Å². The summed E-state index contributed by atoms with van der Waals surface area (Å²) in [7, 11) is 0. The number of hydrogen-bond acceptors (Lipinski definition) is 4. The zero-order chi connectivity index (χ0) is 17.9. The molecule has 3 amide bonds. The number of pyridine rings is 1. The SMILES string of the molecule is Cc1ccnc2nc(CN3C(=O)N[C@@]4(CCc5ccccc54)C3=O)[nH]c12. The summed E-state index contributed by atoms with van der Waals surface area (Å²) in [5.41, 5.74) is 3.53. The summed E-state index contributed by atoms with van der Waals surface area (Å²) in [6.45, 7) is 2.06. The highest BCUT2D eigenvalue weighted by Gasteiger charge is 2.55. The summed E-state index contributed by atoms with van der Waals surface area (Å²) in [4.78, 5) is 38.8. The van der Waals surface area contributed by atoms with Crippen molar-refractivity contribution in [3.8, 4) is 0 Å². The van der Waals surface area contributed by atoms with Crippen LogP contribution in [0.1, 0.15) is 28.9 Å². The Balaban J connectivity index is 1.50. The Labute approximate surface area is 149 Å². The van der Waals surface area contributed by atoms with Gasteiger partial charge in [-0.1, -0.05) is 24.3 Å². The summed E-state index contributed by atoms with van der Waals surface area (Å²) in [5, 5.41) is 2.93. The maximum Gasteiger partial charge on any atom is 0.325 e. The first-order valence-corrected chi connectivity index (χ1v) is 8.61. The molecular weight excluding hydrogens is 330 g/mol. The van der Waals surface area contributed by atoms with Crippen molar-refractivity contribution in [2.75, 3.05) is 0 Å². The Kier molecular flexibility index (Phi) is 2.98. The summed E-state index contributed by atoms with van der Waals surface area (Å²) in [6, 6.07) is 9.32. The summed E-state index contributed by atoms with van der Waals surface area (Å²) >= 11 is 0. The minimum atomic E-state index is -0.937. The molecule has 3 heterocycles. The number of aryl methyl sites for hydroxylation is 2. The lowest BCUT2D eigenvalue weighted by Crippen LogP contribution is -2.41. The van der Waals surface area contributed by atoms with E-state index < -0.39 is 5.54 Å². The second-order valence-electron chi connectivity index (χ2n) is 6.89. The molecule has 3 aromatic rings. The van der Waals surface area contributed by atoms with Gasteiger partial charge in [-0.25, -0.2) is 14.8 Å². The number of aromatic amines is 1. The highest BCUT2D eigenvalue weighted by Crippen LogP contribution is 2.41. The molecule has 1 fully saturated rings. The number of fused-ring (bicyclic) bond motifs is 3. The number of aromatic nitrogens is 3. The summed E-state index contributed by atoms with van der Waals surface area (Å²) in [5.74, 6) is 0.339. The number of nitrogens with one attached hydrogen (secondary N) is 2. The molecule has 2 aromatic heterocycles. The largest absolute Gasteiger partial charge is 0.339 e. The van der Waals surface area contributed by atoms with Gasteiger partial charge >= 0.3 is 6.03 Å². The van der Waals surface area contributed by atoms with Crippen molar-refractivity contribution in [3.63, 3.8) is 0 Å². The van der Waals surface area contributed by atoms with Gasteiger partial charge in [-0.05, 0) is 42.5 Å². The van der Waals surface area contributed by atoms with Gasteiger partial charge in [-0.3, -0.25) is 9.69 Å². The van der Waals surface area contributed by atoms with Gasteiger partial charge in [0.1, 0.15) is 11.4 Å². The fourth-order valence-corrected chi connectivity index (χ4v) is 4.04. The van der Waals surface area contributed by atoms with E-state index in [1.54, 1.807) is 6.20 Å². The lowest BCUT2D eigenvalue weighted by molar-refractivity contribution is -0.132. The Bertz CT molecular complexity index is 1070. The first-order chi connectivity index (χ1) is 12.6. The number of amides is 3. The first-order valence-electron chi connectivity index (χ1n) is 8.61. The van der Waals surface area contributed by atoms with Crippen LogP contribution in [0, 0.1) is 6.92 Å². The van der Waals surface area contributed by atoms with Crippen LogP contribution < -0.4 is 5.32 Å². The molecule has 2 aliphatic rings. The van der Waals surface area contributed by atoms with Crippen molar-refractivity contribution in [1.82, 2.24) is 25.2 Å². The van der Waals surface area contributed by atoms with Gasteiger partial charge in [0, 0.05) is 6.20 Å². The number of carbonyl (C=O) groups is 2. The smallest absolute Gasteiger partial charge is 0.325 e. The average Bonchev–Trinajstić information content (AvgIpc) is 3.28. The zero-order valence-corrected chi connectivity index (χ0v) is 14.2. The van der Waals surface area contributed by atoms with Crippen molar-refractivity contribution in [2.24, 2.45) is 0 Å². The zero-order valence-electron chi connectivity index (χ0n) is 14.2. The number of nitrogens with zero attached hydrogens (tertiary/aromatic N) is 3. The molecule has 7 nitrogen and oxygen atoms in total. The third-order valence-electron chi connectivity index (χ3n) is 5.38. The molecule has 1 aromatic carbocycles. The predicted molar refractivity (Wildman–Crippen MR) is 94.1 cm³/mol. The molecule has 1 saturated heterocycles. The first kappa shape index (κ1) is 15.1. The van der Waals surface area contributed by atoms with Gasteiger partial charge in [-0.15, -0.1) is 0 Å². The molecule has 7 heteroatoms. The van der Waals surface area contributed by atoms with Crippen molar-refractivity contribution in [3.05, 3.63) is 59.0 Å². The van der Waals surface area contributed by atoms with E-state index in [-0.39, 0.29) is 18.5 Å².